The van der Waals surface area contributed by atoms with Crippen molar-refractivity contribution < 1.29 is 19.1 Å². The Labute approximate surface area is 138 Å². The number of hydrogen-bond donors (Lipinski definition) is 1. The first-order valence-corrected chi connectivity index (χ1v) is 6.79. The summed E-state index contributed by atoms with van der Waals surface area (Å²) in [4.78, 5) is 14.3. The molecular formula is C15H16N4O5. The molecule has 0 aliphatic rings. The number of rotatable bonds is 7. The summed E-state index contributed by atoms with van der Waals surface area (Å²) in [6.07, 6.45) is 2.86. The number of aromatic nitrogens is 1. The normalized spacial score (nSPS) is 10.5. The molecule has 0 saturated carbocycles. The van der Waals surface area contributed by atoms with Gasteiger partial charge in [0.2, 0.25) is 5.82 Å². The zero-order valence-corrected chi connectivity index (χ0v) is 13.3. The van der Waals surface area contributed by atoms with Gasteiger partial charge >= 0.3 is 5.69 Å². The molecule has 0 bridgehead atoms. The predicted octanol–water partition coefficient (Wildman–Crippen LogP) is 2.46. The number of benzene rings is 1. The van der Waals surface area contributed by atoms with Crippen LogP contribution >= 0.6 is 0 Å². The lowest BCUT2D eigenvalue weighted by Gasteiger charge is -2.12. The van der Waals surface area contributed by atoms with Gasteiger partial charge in [0, 0.05) is 24.4 Å². The number of ether oxygens (including phenoxy) is 3. The van der Waals surface area contributed by atoms with E-state index in [0.717, 1.165) is 0 Å². The number of nitrogens with zero attached hydrogens (tertiary/aromatic N) is 3. The molecular weight excluding hydrogens is 316 g/mol. The maximum atomic E-state index is 10.9. The van der Waals surface area contributed by atoms with Crippen LogP contribution < -0.4 is 19.6 Å². The van der Waals surface area contributed by atoms with E-state index >= 15 is 0 Å². The van der Waals surface area contributed by atoms with E-state index < -0.39 is 4.92 Å². The van der Waals surface area contributed by atoms with Gasteiger partial charge in [-0.05, 0) is 6.07 Å². The van der Waals surface area contributed by atoms with Gasteiger partial charge in [-0.15, -0.1) is 0 Å². The minimum atomic E-state index is -0.542. The van der Waals surface area contributed by atoms with Crippen molar-refractivity contribution in [2.24, 2.45) is 5.10 Å². The Kier molecular flexibility index (Phi) is 5.50. The van der Waals surface area contributed by atoms with Crippen molar-refractivity contribution in [3.8, 4) is 17.2 Å². The highest BCUT2D eigenvalue weighted by molar-refractivity contribution is 5.88. The molecule has 2 aromatic rings. The summed E-state index contributed by atoms with van der Waals surface area (Å²) in [6.45, 7) is 0. The number of nitrogens with one attached hydrogen (secondary N) is 1. The molecule has 0 spiro atoms. The minimum Gasteiger partial charge on any atom is -0.496 e. The van der Waals surface area contributed by atoms with Crippen LogP contribution in [0.4, 0.5) is 11.5 Å². The average Bonchev–Trinajstić information content (AvgIpc) is 2.61. The van der Waals surface area contributed by atoms with Gasteiger partial charge in [0.05, 0.1) is 38.0 Å². The first kappa shape index (κ1) is 17.0. The van der Waals surface area contributed by atoms with Gasteiger partial charge in [0.25, 0.3) is 0 Å². The monoisotopic (exact) mass is 332 g/mol. The Hall–Kier alpha value is -3.36. The molecule has 1 N–H and O–H groups in total. The van der Waals surface area contributed by atoms with Crippen LogP contribution in [0.3, 0.4) is 0 Å². The fourth-order valence-corrected chi connectivity index (χ4v) is 1.95. The number of nitro groups is 1. The molecule has 0 saturated heterocycles. The van der Waals surface area contributed by atoms with E-state index in [1.807, 2.05) is 0 Å². The third-order valence-corrected chi connectivity index (χ3v) is 3.10. The van der Waals surface area contributed by atoms with E-state index in [-0.39, 0.29) is 11.5 Å². The Morgan fingerprint density at radius 3 is 2.42 bits per heavy atom. The Bertz CT molecular complexity index is 738. The molecule has 0 fully saturated rings. The fraction of sp³-hybridized carbons (Fsp3) is 0.200. The molecule has 0 aliphatic heterocycles. The highest BCUT2D eigenvalue weighted by atomic mass is 16.6. The van der Waals surface area contributed by atoms with Gasteiger partial charge in [0.1, 0.15) is 17.2 Å². The van der Waals surface area contributed by atoms with Crippen LogP contribution in [0, 0.1) is 10.1 Å². The van der Waals surface area contributed by atoms with Crippen molar-refractivity contribution in [2.75, 3.05) is 26.8 Å². The fourth-order valence-electron chi connectivity index (χ4n) is 1.95. The molecule has 0 aliphatic carbocycles. The third-order valence-electron chi connectivity index (χ3n) is 3.10. The molecule has 126 valence electrons. The van der Waals surface area contributed by atoms with Crippen LogP contribution in [0.2, 0.25) is 0 Å². The second kappa shape index (κ2) is 7.77. The second-order valence-electron chi connectivity index (χ2n) is 4.44. The first-order valence-electron chi connectivity index (χ1n) is 6.79. The Balaban J connectivity index is 2.31. The molecule has 1 heterocycles. The van der Waals surface area contributed by atoms with Crippen LogP contribution in [0.25, 0.3) is 0 Å². The van der Waals surface area contributed by atoms with Crippen molar-refractivity contribution in [1.29, 1.82) is 0 Å². The number of anilines is 1. The summed E-state index contributed by atoms with van der Waals surface area (Å²) < 4.78 is 15.7. The summed E-state index contributed by atoms with van der Waals surface area (Å²) >= 11 is 0. The van der Waals surface area contributed by atoms with Crippen LogP contribution in [-0.2, 0) is 0 Å². The minimum absolute atomic E-state index is 0.0326. The van der Waals surface area contributed by atoms with Gasteiger partial charge < -0.3 is 14.2 Å². The number of hydrogen-bond acceptors (Lipinski definition) is 8. The van der Waals surface area contributed by atoms with Crippen LogP contribution in [0.1, 0.15) is 5.56 Å². The molecule has 1 aromatic heterocycles. The summed E-state index contributed by atoms with van der Waals surface area (Å²) in [6, 6.07) is 6.15. The number of methoxy groups -OCH3 is 3. The number of pyridine rings is 1. The van der Waals surface area contributed by atoms with Gasteiger partial charge in [-0.1, -0.05) is 0 Å². The summed E-state index contributed by atoms with van der Waals surface area (Å²) in [5.41, 5.74) is 2.92. The highest BCUT2D eigenvalue weighted by Crippen LogP contribution is 2.32. The zero-order valence-electron chi connectivity index (χ0n) is 13.3. The van der Waals surface area contributed by atoms with E-state index in [0.29, 0.717) is 22.8 Å². The summed E-state index contributed by atoms with van der Waals surface area (Å²) in [7, 11) is 4.54. The summed E-state index contributed by atoms with van der Waals surface area (Å²) in [5.74, 6) is 1.55. The van der Waals surface area contributed by atoms with Gasteiger partial charge in [0.15, 0.2) is 0 Å². The molecule has 0 atom stereocenters. The van der Waals surface area contributed by atoms with Gasteiger partial charge in [-0.3, -0.25) is 15.5 Å². The standard InChI is InChI=1S/C15H16N4O5/c1-22-10-7-13(23-2)11(14(8-10)24-3)9-17-18-15-12(19(20)21)5-4-6-16-15/h4-9H,1-3H3,(H,16,18)/b17-9-. The van der Waals surface area contributed by atoms with E-state index in [9.17, 15) is 10.1 Å². The van der Waals surface area contributed by atoms with E-state index in [2.05, 4.69) is 15.5 Å². The molecule has 0 radical (unpaired) electrons. The average molecular weight is 332 g/mol. The zero-order chi connectivity index (χ0) is 17.5. The molecule has 2 rings (SSSR count). The lowest BCUT2D eigenvalue weighted by Crippen LogP contribution is -2.01. The first-order chi connectivity index (χ1) is 11.6. The Morgan fingerprint density at radius 1 is 1.21 bits per heavy atom. The molecule has 9 heteroatoms. The van der Waals surface area contributed by atoms with Crippen molar-refractivity contribution >= 4 is 17.7 Å². The largest absolute Gasteiger partial charge is 0.496 e. The van der Waals surface area contributed by atoms with Crippen LogP contribution in [-0.4, -0.2) is 37.5 Å². The maximum Gasteiger partial charge on any atom is 0.313 e. The van der Waals surface area contributed by atoms with E-state index in [1.54, 1.807) is 12.1 Å². The predicted molar refractivity (Wildman–Crippen MR) is 88.2 cm³/mol. The van der Waals surface area contributed by atoms with Gasteiger partial charge in [-0.25, -0.2) is 4.98 Å². The maximum absolute atomic E-state index is 10.9. The number of hydrazone groups is 1. The van der Waals surface area contributed by atoms with Crippen molar-refractivity contribution in [1.82, 2.24) is 4.98 Å². The molecule has 0 unspecified atom stereocenters. The quantitative estimate of drug-likeness (QED) is 0.471. The van der Waals surface area contributed by atoms with Crippen molar-refractivity contribution in [2.45, 2.75) is 0 Å². The molecule has 1 aromatic carbocycles. The van der Waals surface area contributed by atoms with Gasteiger partial charge in [-0.2, -0.15) is 5.10 Å². The lowest BCUT2D eigenvalue weighted by atomic mass is 10.2. The van der Waals surface area contributed by atoms with Crippen molar-refractivity contribution in [3.63, 3.8) is 0 Å². The third kappa shape index (κ3) is 3.69. The van der Waals surface area contributed by atoms with Crippen LogP contribution in [0.15, 0.2) is 35.6 Å². The molecule has 0 amide bonds. The highest BCUT2D eigenvalue weighted by Gasteiger charge is 2.14. The van der Waals surface area contributed by atoms with Crippen LogP contribution in [0.5, 0.6) is 17.2 Å². The summed E-state index contributed by atoms with van der Waals surface area (Å²) in [5, 5.41) is 14.9. The molecule has 9 nitrogen and oxygen atoms in total. The lowest BCUT2D eigenvalue weighted by molar-refractivity contribution is -0.384. The molecule has 24 heavy (non-hydrogen) atoms. The smallest absolute Gasteiger partial charge is 0.313 e. The SMILES string of the molecule is COc1cc(OC)c(/C=N\Nc2ncccc2[N+](=O)[O-])c(OC)c1. The van der Waals surface area contributed by atoms with E-state index in [4.69, 9.17) is 14.2 Å². The van der Waals surface area contributed by atoms with E-state index in [1.165, 1.54) is 45.9 Å². The topological polar surface area (TPSA) is 108 Å². The Morgan fingerprint density at radius 2 is 1.88 bits per heavy atom. The second-order valence-corrected chi connectivity index (χ2v) is 4.44. The van der Waals surface area contributed by atoms with Crippen molar-refractivity contribution in [3.05, 3.63) is 46.1 Å².